The molecule has 0 fully saturated rings. The van der Waals surface area contributed by atoms with Gasteiger partial charge >= 0.3 is 5.69 Å². The van der Waals surface area contributed by atoms with Crippen molar-refractivity contribution >= 4 is 5.91 Å². The summed E-state index contributed by atoms with van der Waals surface area (Å²) in [5.41, 5.74) is -0.212. The van der Waals surface area contributed by atoms with Crippen LogP contribution in [-0.4, -0.2) is 26.8 Å². The van der Waals surface area contributed by atoms with E-state index in [2.05, 4.69) is 16.3 Å². The van der Waals surface area contributed by atoms with Crippen LogP contribution in [0.15, 0.2) is 4.79 Å². The van der Waals surface area contributed by atoms with Gasteiger partial charge in [0.05, 0.1) is 6.54 Å². The van der Waals surface area contributed by atoms with E-state index >= 15 is 0 Å². The van der Waals surface area contributed by atoms with Crippen LogP contribution in [0, 0.1) is 12.3 Å². The molecule has 0 aliphatic carbocycles. The molecule has 1 aliphatic heterocycles. The average Bonchev–Trinajstić information content (AvgIpc) is 2.64. The molecule has 2 rings (SSSR count). The van der Waals surface area contributed by atoms with Gasteiger partial charge in [-0.25, -0.2) is 9.48 Å². The quantitative estimate of drug-likeness (QED) is 0.691. The predicted molar refractivity (Wildman–Crippen MR) is 61.3 cm³/mol. The second kappa shape index (κ2) is 4.87. The Morgan fingerprint density at radius 2 is 2.35 bits per heavy atom. The van der Waals surface area contributed by atoms with Crippen molar-refractivity contribution in [2.24, 2.45) is 0 Å². The van der Waals surface area contributed by atoms with Crippen molar-refractivity contribution in [2.75, 3.05) is 6.54 Å². The summed E-state index contributed by atoms with van der Waals surface area (Å²) in [5.74, 6) is 2.78. The molecule has 0 atom stereocenters. The molecule has 6 nitrogen and oxygen atoms in total. The van der Waals surface area contributed by atoms with E-state index < -0.39 is 0 Å². The maximum atomic E-state index is 11.9. The Hall–Kier alpha value is -2.03. The number of terminal acetylenes is 1. The van der Waals surface area contributed by atoms with Crippen LogP contribution >= 0.6 is 0 Å². The Kier molecular flexibility index (Phi) is 3.28. The molecular weight excluding hydrogens is 220 g/mol. The van der Waals surface area contributed by atoms with Crippen molar-refractivity contribution < 1.29 is 4.79 Å². The Balaban J connectivity index is 2.12. The van der Waals surface area contributed by atoms with Gasteiger partial charge in [-0.3, -0.25) is 9.36 Å². The van der Waals surface area contributed by atoms with E-state index in [9.17, 15) is 9.59 Å². The highest BCUT2D eigenvalue weighted by Crippen LogP contribution is 2.08. The third-order valence-electron chi connectivity index (χ3n) is 2.71. The Morgan fingerprint density at radius 1 is 1.53 bits per heavy atom. The van der Waals surface area contributed by atoms with Crippen molar-refractivity contribution in [3.63, 3.8) is 0 Å². The number of aryl methyl sites for hydroxylation is 1. The Bertz CT molecular complexity index is 521. The molecule has 0 bridgehead atoms. The van der Waals surface area contributed by atoms with Gasteiger partial charge < -0.3 is 5.32 Å². The van der Waals surface area contributed by atoms with E-state index in [-0.39, 0.29) is 24.7 Å². The number of carbonyl (C=O) groups is 1. The molecule has 0 saturated carbocycles. The highest BCUT2D eigenvalue weighted by molar-refractivity contribution is 5.75. The normalized spacial score (nSPS) is 13.8. The molecular formula is C11H14N4O2. The predicted octanol–water partition coefficient (Wildman–Crippen LogP) is -0.869. The monoisotopic (exact) mass is 234 g/mol. The molecule has 1 amide bonds. The molecule has 1 aliphatic rings. The fraction of sp³-hybridized carbons (Fsp3) is 0.545. The van der Waals surface area contributed by atoms with Gasteiger partial charge in [0.2, 0.25) is 5.91 Å². The smallest absolute Gasteiger partial charge is 0.344 e. The minimum absolute atomic E-state index is 0.0689. The van der Waals surface area contributed by atoms with Gasteiger partial charge in [-0.15, -0.1) is 6.42 Å². The van der Waals surface area contributed by atoms with Crippen molar-refractivity contribution in [1.29, 1.82) is 0 Å². The maximum absolute atomic E-state index is 11.9. The molecule has 1 aromatic heterocycles. The first kappa shape index (κ1) is 11.5. The number of fused-ring (bicyclic) bond motifs is 1. The molecule has 0 radical (unpaired) electrons. The van der Waals surface area contributed by atoms with Gasteiger partial charge in [0.1, 0.15) is 12.4 Å². The largest absolute Gasteiger partial charge is 0.346 e. The van der Waals surface area contributed by atoms with Gasteiger partial charge in [-0.05, 0) is 12.8 Å². The summed E-state index contributed by atoms with van der Waals surface area (Å²) in [5, 5.41) is 6.66. The van der Waals surface area contributed by atoms with Crippen LogP contribution in [0.3, 0.4) is 0 Å². The van der Waals surface area contributed by atoms with Gasteiger partial charge in [0, 0.05) is 13.0 Å². The number of hydrogen-bond acceptors (Lipinski definition) is 3. The third kappa shape index (κ3) is 2.38. The number of rotatable bonds is 3. The van der Waals surface area contributed by atoms with Crippen LogP contribution in [-0.2, 0) is 24.3 Å². The molecule has 0 spiro atoms. The van der Waals surface area contributed by atoms with E-state index in [0.717, 1.165) is 25.1 Å². The van der Waals surface area contributed by atoms with E-state index in [1.54, 1.807) is 4.57 Å². The van der Waals surface area contributed by atoms with E-state index in [1.807, 2.05) is 0 Å². The average molecular weight is 234 g/mol. The van der Waals surface area contributed by atoms with Gasteiger partial charge in [-0.2, -0.15) is 5.10 Å². The zero-order valence-electron chi connectivity index (χ0n) is 9.48. The molecule has 6 heteroatoms. The second-order valence-electron chi connectivity index (χ2n) is 3.95. The Labute approximate surface area is 98.6 Å². The van der Waals surface area contributed by atoms with Crippen LogP contribution in [0.2, 0.25) is 0 Å². The molecule has 1 aromatic rings. The molecule has 2 heterocycles. The summed E-state index contributed by atoms with van der Waals surface area (Å²) in [6.45, 7) is 0.793. The third-order valence-corrected chi connectivity index (χ3v) is 2.71. The summed E-state index contributed by atoms with van der Waals surface area (Å²) in [7, 11) is 0. The summed E-state index contributed by atoms with van der Waals surface area (Å²) in [6, 6.07) is 0. The van der Waals surface area contributed by atoms with E-state index in [0.29, 0.717) is 6.54 Å². The lowest BCUT2D eigenvalue weighted by Crippen LogP contribution is -2.34. The van der Waals surface area contributed by atoms with E-state index in [4.69, 9.17) is 6.42 Å². The van der Waals surface area contributed by atoms with Gasteiger partial charge in [0.15, 0.2) is 0 Å². The highest BCUT2D eigenvalue weighted by Gasteiger charge is 2.17. The molecule has 0 unspecified atom stereocenters. The van der Waals surface area contributed by atoms with Crippen LogP contribution in [0.5, 0.6) is 0 Å². The first-order valence-electron chi connectivity index (χ1n) is 5.59. The number of carbonyl (C=O) groups excluding carboxylic acids is 1. The first-order chi connectivity index (χ1) is 8.22. The molecule has 1 N–H and O–H groups in total. The lowest BCUT2D eigenvalue weighted by molar-refractivity contribution is -0.121. The zero-order valence-corrected chi connectivity index (χ0v) is 9.48. The number of hydrogen-bond donors (Lipinski definition) is 1. The summed E-state index contributed by atoms with van der Waals surface area (Å²) >= 11 is 0. The van der Waals surface area contributed by atoms with Crippen molar-refractivity contribution in [1.82, 2.24) is 19.7 Å². The van der Waals surface area contributed by atoms with Crippen LogP contribution in [0.4, 0.5) is 0 Å². The lowest BCUT2D eigenvalue weighted by Gasteiger charge is -2.09. The number of nitrogens with zero attached hydrogens (tertiary/aromatic N) is 3. The van der Waals surface area contributed by atoms with E-state index in [1.165, 1.54) is 4.68 Å². The van der Waals surface area contributed by atoms with Gasteiger partial charge in [-0.1, -0.05) is 5.92 Å². The fourth-order valence-corrected chi connectivity index (χ4v) is 1.89. The van der Waals surface area contributed by atoms with Crippen molar-refractivity contribution in [2.45, 2.75) is 32.4 Å². The molecule has 17 heavy (non-hydrogen) atoms. The minimum atomic E-state index is -0.291. The second-order valence-corrected chi connectivity index (χ2v) is 3.95. The van der Waals surface area contributed by atoms with Crippen LogP contribution < -0.4 is 11.0 Å². The highest BCUT2D eigenvalue weighted by atomic mass is 16.2. The number of nitrogens with one attached hydrogen (secondary N) is 1. The SMILES string of the molecule is C#CCNC(=O)Cn1nc2n(c1=O)CCCC2. The summed E-state index contributed by atoms with van der Waals surface area (Å²) in [4.78, 5) is 23.3. The lowest BCUT2D eigenvalue weighted by atomic mass is 10.2. The van der Waals surface area contributed by atoms with Crippen molar-refractivity contribution in [3.8, 4) is 12.3 Å². The Morgan fingerprint density at radius 3 is 3.06 bits per heavy atom. The molecule has 0 aromatic carbocycles. The standard InChI is InChI=1S/C11H14N4O2/c1-2-6-12-10(16)8-15-11(17)14-7-4-3-5-9(14)13-15/h1H,3-8H2,(H,12,16). The number of aromatic nitrogens is 3. The van der Waals surface area contributed by atoms with Gasteiger partial charge in [0.25, 0.3) is 0 Å². The first-order valence-corrected chi connectivity index (χ1v) is 5.59. The van der Waals surface area contributed by atoms with Crippen LogP contribution in [0.25, 0.3) is 0 Å². The van der Waals surface area contributed by atoms with Crippen LogP contribution in [0.1, 0.15) is 18.7 Å². The maximum Gasteiger partial charge on any atom is 0.346 e. The van der Waals surface area contributed by atoms with Crippen molar-refractivity contribution in [3.05, 3.63) is 16.3 Å². The fourth-order valence-electron chi connectivity index (χ4n) is 1.89. The summed E-state index contributed by atoms with van der Waals surface area (Å²) < 4.78 is 2.84. The summed E-state index contributed by atoms with van der Waals surface area (Å²) in [6.07, 6.45) is 7.86. The zero-order chi connectivity index (χ0) is 12.3. The number of amides is 1. The topological polar surface area (TPSA) is 68.9 Å². The molecule has 0 saturated heterocycles. The minimum Gasteiger partial charge on any atom is -0.344 e. The molecule has 90 valence electrons.